The van der Waals surface area contributed by atoms with Crippen LogP contribution in [-0.2, 0) is 11.8 Å². The Morgan fingerprint density at radius 2 is 2.32 bits per heavy atom. The van der Waals surface area contributed by atoms with Gasteiger partial charge in [0.2, 0.25) is 0 Å². The fraction of sp³-hybridized carbons (Fsp3) is 0.312. The Balaban J connectivity index is 1.75. The number of imidazole rings is 1. The standard InChI is InChI=1S/C16H17N7OS/c1-23-13-12(21-16(23)10-7-24-5-4-18-10)15(17)20-9-6-11(25-14(9)13)8-2-3-19-22-8/h2-3,6,10,18H,4-5,7H2,1H3,(H2,17,20)(H,19,22). The van der Waals surface area contributed by atoms with Crippen LogP contribution in [0.15, 0.2) is 18.3 Å². The zero-order valence-electron chi connectivity index (χ0n) is 13.6. The first-order valence-electron chi connectivity index (χ1n) is 8.08. The molecule has 9 heteroatoms. The number of anilines is 1. The number of pyridine rings is 1. The molecule has 5 rings (SSSR count). The van der Waals surface area contributed by atoms with E-state index >= 15 is 0 Å². The molecule has 1 aliphatic heterocycles. The Kier molecular flexibility index (Phi) is 3.27. The number of nitrogens with zero attached hydrogens (tertiary/aromatic N) is 4. The van der Waals surface area contributed by atoms with E-state index in [-0.39, 0.29) is 6.04 Å². The highest BCUT2D eigenvalue weighted by atomic mass is 32.1. The van der Waals surface area contributed by atoms with E-state index in [2.05, 4.69) is 25.1 Å². The third-order valence-corrected chi connectivity index (χ3v) is 5.70. The lowest BCUT2D eigenvalue weighted by molar-refractivity contribution is 0.0735. The van der Waals surface area contributed by atoms with Gasteiger partial charge in [-0.15, -0.1) is 11.3 Å². The predicted molar refractivity (Wildman–Crippen MR) is 97.4 cm³/mol. The van der Waals surface area contributed by atoms with Gasteiger partial charge in [-0.3, -0.25) is 5.10 Å². The second-order valence-electron chi connectivity index (χ2n) is 6.10. The molecular formula is C16H17N7OS. The number of fused-ring (bicyclic) bond motifs is 3. The van der Waals surface area contributed by atoms with Crippen LogP contribution in [0.3, 0.4) is 0 Å². The number of morpholine rings is 1. The molecule has 0 aliphatic carbocycles. The second-order valence-corrected chi connectivity index (χ2v) is 7.15. The first kappa shape index (κ1) is 14.8. The molecular weight excluding hydrogens is 338 g/mol. The number of nitrogen functional groups attached to an aromatic ring is 1. The summed E-state index contributed by atoms with van der Waals surface area (Å²) in [6, 6.07) is 4.05. The number of ether oxygens (including phenoxy) is 1. The maximum absolute atomic E-state index is 6.21. The van der Waals surface area contributed by atoms with E-state index < -0.39 is 0 Å². The van der Waals surface area contributed by atoms with E-state index in [9.17, 15) is 0 Å². The van der Waals surface area contributed by atoms with Crippen molar-refractivity contribution in [3.05, 3.63) is 24.2 Å². The maximum Gasteiger partial charge on any atom is 0.152 e. The van der Waals surface area contributed by atoms with E-state index in [1.807, 2.05) is 19.2 Å². The van der Waals surface area contributed by atoms with Gasteiger partial charge in [0.05, 0.1) is 45.6 Å². The predicted octanol–water partition coefficient (Wildman–Crippen LogP) is 1.82. The Morgan fingerprint density at radius 3 is 3.08 bits per heavy atom. The molecule has 0 radical (unpaired) electrons. The summed E-state index contributed by atoms with van der Waals surface area (Å²) in [6.45, 7) is 2.16. The molecule has 1 atom stereocenters. The summed E-state index contributed by atoms with van der Waals surface area (Å²) >= 11 is 1.67. The molecule has 0 saturated carbocycles. The first-order valence-corrected chi connectivity index (χ1v) is 8.90. The number of hydrogen-bond acceptors (Lipinski definition) is 7. The lowest BCUT2D eigenvalue weighted by Crippen LogP contribution is -2.36. The van der Waals surface area contributed by atoms with E-state index in [0.29, 0.717) is 12.4 Å². The van der Waals surface area contributed by atoms with Crippen LogP contribution in [0.5, 0.6) is 0 Å². The fourth-order valence-corrected chi connectivity index (χ4v) is 4.49. The van der Waals surface area contributed by atoms with Gasteiger partial charge in [0.1, 0.15) is 11.3 Å². The highest BCUT2D eigenvalue weighted by Gasteiger charge is 2.24. The van der Waals surface area contributed by atoms with Gasteiger partial charge in [-0.25, -0.2) is 9.97 Å². The lowest BCUT2D eigenvalue weighted by atomic mass is 10.2. The highest BCUT2D eigenvalue weighted by Crippen LogP contribution is 2.38. The van der Waals surface area contributed by atoms with Crippen LogP contribution >= 0.6 is 11.3 Å². The minimum Gasteiger partial charge on any atom is -0.382 e. The van der Waals surface area contributed by atoms with Gasteiger partial charge in [-0.05, 0) is 12.1 Å². The molecule has 5 heterocycles. The van der Waals surface area contributed by atoms with Crippen LogP contribution in [0.2, 0.25) is 0 Å². The van der Waals surface area contributed by atoms with E-state index in [1.165, 1.54) is 0 Å². The molecule has 4 aromatic heterocycles. The number of aromatic amines is 1. The van der Waals surface area contributed by atoms with Gasteiger partial charge in [-0.1, -0.05) is 0 Å². The molecule has 0 spiro atoms. The van der Waals surface area contributed by atoms with Crippen LogP contribution in [0.4, 0.5) is 5.82 Å². The minimum absolute atomic E-state index is 0.0626. The van der Waals surface area contributed by atoms with Crippen molar-refractivity contribution in [3.8, 4) is 10.6 Å². The Morgan fingerprint density at radius 1 is 1.40 bits per heavy atom. The summed E-state index contributed by atoms with van der Waals surface area (Å²) in [4.78, 5) is 10.4. The van der Waals surface area contributed by atoms with Gasteiger partial charge < -0.3 is 20.4 Å². The summed E-state index contributed by atoms with van der Waals surface area (Å²) in [5.41, 5.74) is 9.82. The fourth-order valence-electron chi connectivity index (χ4n) is 3.34. The Labute approximate surface area is 147 Å². The summed E-state index contributed by atoms with van der Waals surface area (Å²) in [6.07, 6.45) is 1.74. The van der Waals surface area contributed by atoms with Crippen LogP contribution in [-0.4, -0.2) is 44.5 Å². The average Bonchev–Trinajstić information content (AvgIpc) is 3.34. The molecule has 25 heavy (non-hydrogen) atoms. The minimum atomic E-state index is 0.0626. The molecule has 1 unspecified atom stereocenters. The van der Waals surface area contributed by atoms with Gasteiger partial charge in [-0.2, -0.15) is 5.10 Å². The number of H-pyrrole nitrogens is 1. The second kappa shape index (κ2) is 5.51. The van der Waals surface area contributed by atoms with Crippen molar-refractivity contribution in [3.63, 3.8) is 0 Å². The topological polar surface area (TPSA) is 107 Å². The van der Waals surface area contributed by atoms with Crippen LogP contribution in [0.25, 0.3) is 31.8 Å². The SMILES string of the molecule is Cn1c(C2COCCN2)nc2c(N)nc3cc(-c4ccn[nH]4)sc3c21. The molecule has 8 nitrogen and oxygen atoms in total. The van der Waals surface area contributed by atoms with Crippen LogP contribution in [0, 0.1) is 0 Å². The van der Waals surface area contributed by atoms with Crippen molar-refractivity contribution in [1.82, 2.24) is 30.0 Å². The Bertz CT molecular complexity index is 1060. The number of aromatic nitrogens is 5. The number of rotatable bonds is 2. The van der Waals surface area contributed by atoms with Gasteiger partial charge in [0.25, 0.3) is 0 Å². The van der Waals surface area contributed by atoms with Crippen LogP contribution < -0.4 is 11.1 Å². The molecule has 1 fully saturated rings. The molecule has 0 amide bonds. The Hall–Kier alpha value is -2.49. The molecule has 1 aliphatic rings. The highest BCUT2D eigenvalue weighted by molar-refractivity contribution is 7.23. The normalized spacial score (nSPS) is 18.4. The largest absolute Gasteiger partial charge is 0.382 e. The van der Waals surface area contributed by atoms with Gasteiger partial charge >= 0.3 is 0 Å². The van der Waals surface area contributed by atoms with E-state index in [0.717, 1.165) is 50.8 Å². The van der Waals surface area contributed by atoms with Crippen molar-refractivity contribution < 1.29 is 4.74 Å². The molecule has 4 N–H and O–H groups in total. The maximum atomic E-state index is 6.21. The van der Waals surface area contributed by atoms with Gasteiger partial charge in [0, 0.05) is 19.8 Å². The summed E-state index contributed by atoms with van der Waals surface area (Å²) in [7, 11) is 2.02. The monoisotopic (exact) mass is 355 g/mol. The number of nitrogens with one attached hydrogen (secondary N) is 2. The summed E-state index contributed by atoms with van der Waals surface area (Å²) in [5.74, 6) is 1.38. The molecule has 0 bridgehead atoms. The van der Waals surface area contributed by atoms with E-state index in [1.54, 1.807) is 17.5 Å². The third-order valence-electron chi connectivity index (χ3n) is 4.54. The number of thiophene rings is 1. The number of hydrogen-bond donors (Lipinski definition) is 3. The number of nitrogens with two attached hydrogens (primary N) is 1. The molecule has 1 saturated heterocycles. The summed E-state index contributed by atoms with van der Waals surface area (Å²) < 4.78 is 8.77. The summed E-state index contributed by atoms with van der Waals surface area (Å²) in [5, 5.41) is 10.5. The van der Waals surface area contributed by atoms with Gasteiger partial charge in [0.15, 0.2) is 5.82 Å². The van der Waals surface area contributed by atoms with Crippen LogP contribution in [0.1, 0.15) is 11.9 Å². The lowest BCUT2D eigenvalue weighted by Gasteiger charge is -2.23. The van der Waals surface area contributed by atoms with E-state index in [4.69, 9.17) is 15.5 Å². The molecule has 128 valence electrons. The first-order chi connectivity index (χ1) is 12.2. The molecule has 4 aromatic rings. The molecule has 0 aromatic carbocycles. The average molecular weight is 355 g/mol. The smallest absolute Gasteiger partial charge is 0.152 e. The quantitative estimate of drug-likeness (QED) is 0.506. The van der Waals surface area contributed by atoms with Crippen molar-refractivity contribution >= 4 is 38.4 Å². The number of aryl methyl sites for hydroxylation is 1. The van der Waals surface area contributed by atoms with Crippen molar-refractivity contribution in [2.75, 3.05) is 25.5 Å². The zero-order valence-corrected chi connectivity index (χ0v) is 14.4. The van der Waals surface area contributed by atoms with Crippen molar-refractivity contribution in [2.45, 2.75) is 6.04 Å². The zero-order chi connectivity index (χ0) is 17.0. The van der Waals surface area contributed by atoms with Crippen molar-refractivity contribution in [2.24, 2.45) is 7.05 Å². The third kappa shape index (κ3) is 2.24. The van der Waals surface area contributed by atoms with Crippen molar-refractivity contribution in [1.29, 1.82) is 0 Å².